The number of nitrogens with two attached hydrogens (primary N) is 1. The van der Waals surface area contributed by atoms with Gasteiger partial charge in [0.25, 0.3) is 0 Å². The van der Waals surface area contributed by atoms with Crippen molar-refractivity contribution in [1.29, 1.82) is 10.8 Å². The van der Waals surface area contributed by atoms with E-state index in [2.05, 4.69) is 21.3 Å². The van der Waals surface area contributed by atoms with Gasteiger partial charge in [-0.15, -0.1) is 0 Å². The van der Waals surface area contributed by atoms with Crippen molar-refractivity contribution < 1.29 is 19.1 Å². The highest BCUT2D eigenvalue weighted by Crippen LogP contribution is 2.43. The van der Waals surface area contributed by atoms with Crippen LogP contribution in [0.1, 0.15) is 55.5 Å². The van der Waals surface area contributed by atoms with E-state index in [-0.39, 0.29) is 29.9 Å². The number of likely N-dealkylation sites (tertiary alicyclic amines) is 1. The van der Waals surface area contributed by atoms with E-state index in [0.29, 0.717) is 79.8 Å². The molecule has 3 aromatic rings. The predicted octanol–water partition coefficient (Wildman–Crippen LogP) is 3.91. The highest BCUT2D eigenvalue weighted by molar-refractivity contribution is 6.13. The number of rotatable bonds is 8. The fourth-order valence-corrected chi connectivity index (χ4v) is 7.33. The van der Waals surface area contributed by atoms with E-state index in [1.54, 1.807) is 42.3 Å². The number of carbonyl (C=O) groups excluding carboxylic acids is 2. The zero-order valence-corrected chi connectivity index (χ0v) is 29.2. The summed E-state index contributed by atoms with van der Waals surface area (Å²) in [5.41, 5.74) is 10.1. The van der Waals surface area contributed by atoms with Gasteiger partial charge in [-0.1, -0.05) is 30.3 Å². The van der Waals surface area contributed by atoms with Crippen LogP contribution in [0.3, 0.4) is 0 Å². The molecule has 51 heavy (non-hydrogen) atoms. The molecule has 2 fully saturated rings. The van der Waals surface area contributed by atoms with E-state index in [1.807, 2.05) is 43.0 Å². The number of aromatic nitrogens is 1. The lowest BCUT2D eigenvalue weighted by atomic mass is 9.85. The number of ether oxygens (including phenoxy) is 2. The Labute approximate surface area is 297 Å². The normalized spacial score (nSPS) is 21.1. The maximum absolute atomic E-state index is 14.0. The molecule has 4 aliphatic heterocycles. The standard InChI is InChI=1S/C38H43N9O4/c1-37(2)50-29-10-8-27(20-30(29)51-37)33(40)34-28(39)9-11-31(44-34)47-19-15-38(36(47)49)14-18-45(22-38)21-32(48)46-16-12-25(13-17-46)24-4-6-26(7-5-24)35(41)43-23-42-3/h4-12,20,23,40H,13-19,21-22,39H2,1-3H3,(H2,41,42,43)/t38-/m0/s1. The summed E-state index contributed by atoms with van der Waals surface area (Å²) in [6.45, 7) is 6.79. The Morgan fingerprint density at radius 3 is 2.51 bits per heavy atom. The molecule has 4 aliphatic rings. The van der Waals surface area contributed by atoms with Crippen molar-refractivity contribution in [3.8, 4) is 11.5 Å². The van der Waals surface area contributed by atoms with E-state index in [0.717, 1.165) is 17.5 Å². The molecule has 2 aromatic carbocycles. The van der Waals surface area contributed by atoms with Crippen molar-refractivity contribution in [3.05, 3.63) is 83.1 Å². The number of hydrogen-bond acceptors (Lipinski definition) is 9. The van der Waals surface area contributed by atoms with Crippen LogP contribution in [0.4, 0.5) is 11.5 Å². The SMILES string of the molecule is CN/C=N\C(=N)c1ccc(C2=CCN(C(=O)CN3CC[C@]4(CCN(c5ccc(N)c(C(=N)c6ccc7c(c6)OC(C)(C)O7)n5)C4=O)C3)CC2)cc1. The molecule has 1 aromatic heterocycles. The molecule has 5 heterocycles. The van der Waals surface area contributed by atoms with Crippen LogP contribution in [-0.2, 0) is 9.59 Å². The van der Waals surface area contributed by atoms with Gasteiger partial charge in [0.2, 0.25) is 17.6 Å². The first-order valence-electron chi connectivity index (χ1n) is 17.2. The van der Waals surface area contributed by atoms with E-state index in [9.17, 15) is 9.59 Å². The van der Waals surface area contributed by atoms with Crippen LogP contribution in [0.25, 0.3) is 5.57 Å². The molecule has 0 saturated carbocycles. The van der Waals surface area contributed by atoms with Gasteiger partial charge in [-0.2, -0.15) is 0 Å². The lowest BCUT2D eigenvalue weighted by molar-refractivity contribution is -0.132. The van der Waals surface area contributed by atoms with E-state index in [4.69, 9.17) is 31.0 Å². The number of anilines is 2. The molecule has 0 unspecified atom stereocenters. The molecular weight excluding hydrogens is 646 g/mol. The van der Waals surface area contributed by atoms with Crippen LogP contribution in [0.2, 0.25) is 0 Å². The van der Waals surface area contributed by atoms with Crippen LogP contribution in [0.5, 0.6) is 11.5 Å². The van der Waals surface area contributed by atoms with Gasteiger partial charge in [0.1, 0.15) is 11.5 Å². The Bertz CT molecular complexity index is 1970. The Kier molecular flexibility index (Phi) is 8.84. The largest absolute Gasteiger partial charge is 0.449 e. The van der Waals surface area contributed by atoms with Crippen molar-refractivity contribution in [3.63, 3.8) is 0 Å². The van der Waals surface area contributed by atoms with E-state index >= 15 is 0 Å². The third kappa shape index (κ3) is 6.68. The highest BCUT2D eigenvalue weighted by atomic mass is 16.7. The van der Waals surface area contributed by atoms with Crippen LogP contribution >= 0.6 is 0 Å². The van der Waals surface area contributed by atoms with E-state index < -0.39 is 11.2 Å². The van der Waals surface area contributed by atoms with Gasteiger partial charge in [-0.25, -0.2) is 9.98 Å². The third-order valence-corrected chi connectivity index (χ3v) is 10.1. The minimum Gasteiger partial charge on any atom is -0.449 e. The first-order valence-corrected chi connectivity index (χ1v) is 17.2. The van der Waals surface area contributed by atoms with Gasteiger partial charge in [0.05, 0.1) is 29.7 Å². The first kappa shape index (κ1) is 33.9. The number of benzene rings is 2. The Morgan fingerprint density at radius 2 is 1.76 bits per heavy atom. The first-order chi connectivity index (χ1) is 24.4. The smallest absolute Gasteiger partial charge is 0.246 e. The van der Waals surface area contributed by atoms with E-state index in [1.165, 1.54) is 11.9 Å². The average Bonchev–Trinajstić information content (AvgIpc) is 3.79. The topological polar surface area (TPSA) is 173 Å². The number of amides is 2. The van der Waals surface area contributed by atoms with Crippen molar-refractivity contribution in [2.24, 2.45) is 10.4 Å². The maximum atomic E-state index is 14.0. The number of aliphatic imine (C=N–C) groups is 1. The van der Waals surface area contributed by atoms with Crippen LogP contribution in [-0.4, -0.2) is 96.6 Å². The minimum atomic E-state index is -0.783. The van der Waals surface area contributed by atoms with Crippen LogP contribution in [0.15, 0.2) is 65.7 Å². The summed E-state index contributed by atoms with van der Waals surface area (Å²) in [5, 5.41) is 19.8. The monoisotopic (exact) mass is 689 g/mol. The third-order valence-electron chi connectivity index (χ3n) is 10.1. The second kappa shape index (κ2) is 13.3. The summed E-state index contributed by atoms with van der Waals surface area (Å²) >= 11 is 0. The predicted molar refractivity (Wildman–Crippen MR) is 197 cm³/mol. The number of amidine groups is 1. The summed E-state index contributed by atoms with van der Waals surface area (Å²) < 4.78 is 11.7. The molecule has 0 radical (unpaired) electrons. The zero-order valence-electron chi connectivity index (χ0n) is 29.2. The molecule has 7 rings (SSSR count). The highest BCUT2D eigenvalue weighted by Gasteiger charge is 2.51. The molecule has 264 valence electrons. The van der Waals surface area contributed by atoms with Crippen molar-refractivity contribution in [2.45, 2.75) is 38.9 Å². The number of pyridine rings is 1. The summed E-state index contributed by atoms with van der Waals surface area (Å²) in [6, 6.07) is 16.5. The number of carbonyl (C=O) groups is 2. The van der Waals surface area contributed by atoms with Gasteiger partial charge in [0.15, 0.2) is 17.3 Å². The van der Waals surface area contributed by atoms with Gasteiger partial charge >= 0.3 is 0 Å². The summed E-state index contributed by atoms with van der Waals surface area (Å²) in [5.74, 6) is 1.10. The van der Waals surface area contributed by atoms with Gasteiger partial charge in [-0.3, -0.25) is 30.2 Å². The second-order valence-electron chi connectivity index (χ2n) is 14.0. The van der Waals surface area contributed by atoms with Gasteiger partial charge < -0.3 is 25.4 Å². The molecule has 1 atom stereocenters. The maximum Gasteiger partial charge on any atom is 0.246 e. The average molecular weight is 690 g/mol. The fourth-order valence-electron chi connectivity index (χ4n) is 7.33. The molecule has 13 nitrogen and oxygen atoms in total. The number of nitrogen functional groups attached to an aromatic ring is 1. The van der Waals surface area contributed by atoms with Crippen molar-refractivity contribution in [1.82, 2.24) is 20.1 Å². The lowest BCUT2D eigenvalue weighted by Crippen LogP contribution is -2.43. The molecule has 0 aliphatic carbocycles. The summed E-state index contributed by atoms with van der Waals surface area (Å²) in [7, 11) is 1.74. The van der Waals surface area contributed by atoms with Crippen molar-refractivity contribution >= 4 is 46.8 Å². The summed E-state index contributed by atoms with van der Waals surface area (Å²) in [4.78, 5) is 41.8. The quantitative estimate of drug-likeness (QED) is 0.204. The lowest BCUT2D eigenvalue weighted by Gasteiger charge is -2.29. The Balaban J connectivity index is 0.958. The molecule has 2 amide bonds. The van der Waals surface area contributed by atoms with Crippen LogP contribution in [0, 0.1) is 16.2 Å². The van der Waals surface area contributed by atoms with Crippen LogP contribution < -0.4 is 25.4 Å². The molecular formula is C38H43N9O4. The fraction of sp³-hybridized carbons (Fsp3) is 0.368. The zero-order chi connectivity index (χ0) is 35.9. The number of fused-ring (bicyclic) bond motifs is 1. The summed E-state index contributed by atoms with van der Waals surface area (Å²) in [6.07, 6.45) is 5.69. The molecule has 2 saturated heterocycles. The molecule has 1 spiro atoms. The number of hydrogen-bond donors (Lipinski definition) is 4. The number of nitrogens with zero attached hydrogens (tertiary/aromatic N) is 5. The number of nitrogens with one attached hydrogen (secondary N) is 3. The molecule has 13 heteroatoms. The molecule has 5 N–H and O–H groups in total. The van der Waals surface area contributed by atoms with Gasteiger partial charge in [-0.05, 0) is 67.3 Å². The Morgan fingerprint density at radius 1 is 1.02 bits per heavy atom. The Hall–Kier alpha value is -5.56. The molecule has 0 bridgehead atoms. The minimum absolute atomic E-state index is 0.00181. The van der Waals surface area contributed by atoms with Crippen molar-refractivity contribution in [2.75, 3.05) is 56.9 Å². The van der Waals surface area contributed by atoms with Gasteiger partial charge in [0, 0.05) is 58.2 Å². The second-order valence-corrected chi connectivity index (χ2v) is 14.0.